The molecule has 1 aliphatic heterocycles. The molecule has 1 aliphatic rings. The molecule has 1 unspecified atom stereocenters. The van der Waals surface area contributed by atoms with Crippen LogP contribution in [0.2, 0.25) is 0 Å². The number of rotatable bonds is 10. The maximum Gasteiger partial charge on any atom is 0.293 e. The van der Waals surface area contributed by atoms with Gasteiger partial charge < -0.3 is 24.9 Å². The molecule has 0 bridgehead atoms. The van der Waals surface area contributed by atoms with Gasteiger partial charge in [0.05, 0.1) is 31.8 Å². The largest absolute Gasteiger partial charge is 0.502 e. The van der Waals surface area contributed by atoms with E-state index in [1.807, 2.05) is 24.3 Å². The van der Waals surface area contributed by atoms with E-state index in [1.54, 1.807) is 7.11 Å². The van der Waals surface area contributed by atoms with E-state index in [0.29, 0.717) is 31.8 Å². The van der Waals surface area contributed by atoms with Crippen LogP contribution in [0.15, 0.2) is 59.7 Å². The van der Waals surface area contributed by atoms with E-state index in [-0.39, 0.29) is 11.7 Å². The summed E-state index contributed by atoms with van der Waals surface area (Å²) in [6, 6.07) is 16.5. The van der Waals surface area contributed by atoms with Crippen LogP contribution in [0.4, 0.5) is 0 Å². The third-order valence-corrected chi connectivity index (χ3v) is 6.37. The number of aromatic nitrogens is 2. The molecule has 1 aromatic heterocycles. The lowest BCUT2D eigenvalue weighted by molar-refractivity contribution is 0.0342. The van der Waals surface area contributed by atoms with Crippen LogP contribution in [0, 0.1) is 11.8 Å². The van der Waals surface area contributed by atoms with E-state index in [4.69, 9.17) is 9.47 Å². The fraction of sp³-hybridized carbons (Fsp3) is 0.379. The second kappa shape index (κ2) is 13.7. The zero-order valence-corrected chi connectivity index (χ0v) is 21.2. The molecule has 8 heteroatoms. The Morgan fingerprint density at radius 1 is 1.08 bits per heavy atom. The molecule has 1 atom stereocenters. The molecule has 1 saturated heterocycles. The van der Waals surface area contributed by atoms with Crippen molar-refractivity contribution in [3.05, 3.63) is 93.2 Å². The van der Waals surface area contributed by atoms with Crippen molar-refractivity contribution in [3.8, 4) is 17.6 Å². The number of hydrogen-bond acceptors (Lipinski definition) is 7. The minimum Gasteiger partial charge on any atom is -0.502 e. The van der Waals surface area contributed by atoms with Gasteiger partial charge in [-0.1, -0.05) is 36.1 Å². The Labute approximate surface area is 217 Å². The molecule has 3 N–H and O–H groups in total. The van der Waals surface area contributed by atoms with E-state index in [9.17, 15) is 9.90 Å². The molecule has 0 spiro atoms. The molecule has 0 aliphatic carbocycles. The highest BCUT2D eigenvalue weighted by Gasteiger charge is 2.19. The van der Waals surface area contributed by atoms with Gasteiger partial charge in [0.2, 0.25) is 5.75 Å². The molecule has 2 heterocycles. The summed E-state index contributed by atoms with van der Waals surface area (Å²) in [5, 5.41) is 13.6. The number of ether oxygens (including phenoxy) is 2. The first-order valence-corrected chi connectivity index (χ1v) is 12.6. The third-order valence-electron chi connectivity index (χ3n) is 6.37. The van der Waals surface area contributed by atoms with Crippen molar-refractivity contribution in [2.24, 2.45) is 0 Å². The molecule has 2 aromatic carbocycles. The van der Waals surface area contributed by atoms with E-state index in [0.717, 1.165) is 49.5 Å². The molecule has 4 rings (SSSR count). The fourth-order valence-electron chi connectivity index (χ4n) is 4.29. The molecule has 0 amide bonds. The van der Waals surface area contributed by atoms with Crippen LogP contribution in [-0.4, -0.2) is 73.1 Å². The van der Waals surface area contributed by atoms with E-state index >= 15 is 0 Å². The van der Waals surface area contributed by atoms with E-state index < -0.39 is 5.56 Å². The van der Waals surface area contributed by atoms with Gasteiger partial charge in [-0.15, -0.1) is 0 Å². The zero-order chi connectivity index (χ0) is 25.9. The lowest BCUT2D eigenvalue weighted by atomic mass is 9.94. The molecule has 37 heavy (non-hydrogen) atoms. The van der Waals surface area contributed by atoms with Crippen molar-refractivity contribution in [2.45, 2.75) is 18.9 Å². The number of nitrogens with zero attached hydrogens (tertiary/aromatic N) is 2. The van der Waals surface area contributed by atoms with Crippen LogP contribution in [0.3, 0.4) is 0 Å². The van der Waals surface area contributed by atoms with Gasteiger partial charge in [0, 0.05) is 56.9 Å². The number of methoxy groups -OCH3 is 1. The first kappa shape index (κ1) is 26.6. The number of aromatic amines is 1. The summed E-state index contributed by atoms with van der Waals surface area (Å²) in [4.78, 5) is 21.0. The SMILES string of the molecule is COCCNCC(Cc1ccc(C#Cc2ccc(CN3CCOCC3)cc2)cc1)c1nc[nH]c(=O)c1O. The highest BCUT2D eigenvalue weighted by atomic mass is 16.5. The van der Waals surface area contributed by atoms with Gasteiger partial charge in [0.15, 0.2) is 0 Å². The lowest BCUT2D eigenvalue weighted by Gasteiger charge is -2.26. The van der Waals surface area contributed by atoms with Gasteiger partial charge >= 0.3 is 0 Å². The van der Waals surface area contributed by atoms with Crippen LogP contribution >= 0.6 is 0 Å². The van der Waals surface area contributed by atoms with Crippen LogP contribution < -0.4 is 10.9 Å². The Balaban J connectivity index is 1.38. The van der Waals surface area contributed by atoms with Gasteiger partial charge in [-0.05, 0) is 41.8 Å². The quantitative estimate of drug-likeness (QED) is 0.289. The van der Waals surface area contributed by atoms with Gasteiger partial charge in [-0.3, -0.25) is 9.69 Å². The molecule has 8 nitrogen and oxygen atoms in total. The number of hydrogen-bond donors (Lipinski definition) is 3. The summed E-state index contributed by atoms with van der Waals surface area (Å²) in [7, 11) is 1.65. The molecular weight excluding hydrogens is 468 g/mol. The normalized spacial score (nSPS) is 14.6. The maximum atomic E-state index is 11.9. The van der Waals surface area contributed by atoms with Crippen LogP contribution in [-0.2, 0) is 22.4 Å². The first-order chi connectivity index (χ1) is 18.1. The lowest BCUT2D eigenvalue weighted by Crippen LogP contribution is -2.35. The summed E-state index contributed by atoms with van der Waals surface area (Å²) >= 11 is 0. The highest BCUT2D eigenvalue weighted by molar-refractivity contribution is 5.44. The number of nitrogens with one attached hydrogen (secondary N) is 2. The van der Waals surface area contributed by atoms with Crippen LogP contribution in [0.5, 0.6) is 5.75 Å². The summed E-state index contributed by atoms with van der Waals surface area (Å²) in [6.07, 6.45) is 1.94. The minimum atomic E-state index is -0.536. The van der Waals surface area contributed by atoms with E-state index in [2.05, 4.69) is 56.3 Å². The fourth-order valence-corrected chi connectivity index (χ4v) is 4.29. The smallest absolute Gasteiger partial charge is 0.293 e. The Bertz CT molecular complexity index is 1240. The predicted octanol–water partition coefficient (Wildman–Crippen LogP) is 2.27. The van der Waals surface area contributed by atoms with Gasteiger partial charge in [-0.2, -0.15) is 0 Å². The molecule has 1 fully saturated rings. The number of benzene rings is 2. The van der Waals surface area contributed by atoms with Crippen molar-refractivity contribution in [2.75, 3.05) is 53.1 Å². The van der Waals surface area contributed by atoms with Crippen molar-refractivity contribution < 1.29 is 14.6 Å². The summed E-state index contributed by atoms with van der Waals surface area (Å²) in [6.45, 7) is 6.29. The Morgan fingerprint density at radius 2 is 1.73 bits per heavy atom. The highest BCUT2D eigenvalue weighted by Crippen LogP contribution is 2.23. The molecular formula is C29H34N4O4. The second-order valence-electron chi connectivity index (χ2n) is 9.10. The average Bonchev–Trinajstić information content (AvgIpc) is 2.93. The minimum absolute atomic E-state index is 0.174. The number of aromatic hydroxyl groups is 1. The van der Waals surface area contributed by atoms with Crippen molar-refractivity contribution in [1.82, 2.24) is 20.2 Å². The van der Waals surface area contributed by atoms with Crippen molar-refractivity contribution in [1.29, 1.82) is 0 Å². The first-order valence-electron chi connectivity index (χ1n) is 12.6. The molecule has 3 aromatic rings. The zero-order valence-electron chi connectivity index (χ0n) is 21.2. The summed E-state index contributed by atoms with van der Waals surface area (Å²) in [5.41, 5.74) is 4.10. The Kier molecular flexibility index (Phi) is 9.86. The van der Waals surface area contributed by atoms with Crippen molar-refractivity contribution >= 4 is 0 Å². The van der Waals surface area contributed by atoms with Gasteiger partial charge in [-0.25, -0.2) is 4.98 Å². The van der Waals surface area contributed by atoms with Crippen LogP contribution in [0.1, 0.15) is 33.9 Å². The second-order valence-corrected chi connectivity index (χ2v) is 9.10. The third kappa shape index (κ3) is 8.00. The Morgan fingerprint density at radius 3 is 2.38 bits per heavy atom. The maximum absolute atomic E-state index is 11.9. The average molecular weight is 503 g/mol. The van der Waals surface area contributed by atoms with Crippen LogP contribution in [0.25, 0.3) is 0 Å². The van der Waals surface area contributed by atoms with Crippen molar-refractivity contribution in [3.63, 3.8) is 0 Å². The summed E-state index contributed by atoms with van der Waals surface area (Å²) < 4.78 is 10.5. The summed E-state index contributed by atoms with van der Waals surface area (Å²) in [5.74, 6) is 5.97. The molecule has 0 saturated carbocycles. The number of morpholine rings is 1. The number of H-pyrrole nitrogens is 1. The monoisotopic (exact) mass is 502 g/mol. The van der Waals surface area contributed by atoms with Gasteiger partial charge in [0.1, 0.15) is 0 Å². The van der Waals surface area contributed by atoms with Gasteiger partial charge in [0.25, 0.3) is 5.56 Å². The molecule has 0 radical (unpaired) electrons. The predicted molar refractivity (Wildman–Crippen MR) is 143 cm³/mol. The Hall–Kier alpha value is -3.48. The molecule has 194 valence electrons. The topological polar surface area (TPSA) is 99.7 Å². The van der Waals surface area contributed by atoms with E-state index in [1.165, 1.54) is 11.9 Å². The standard InChI is InChI=1S/C29H34N4O4/c1-36-15-12-30-19-26(27-28(34)29(35)32-21-31-27)18-24-8-4-22(5-9-24)2-3-23-6-10-25(11-7-23)20-33-13-16-37-17-14-33/h4-11,21,26,30,34H,12-20H2,1H3,(H,31,32,35).